The number of rotatable bonds is 6. The Balaban J connectivity index is 1.54. The first-order valence-corrected chi connectivity index (χ1v) is 12.6. The number of nitrogens with zero attached hydrogens (tertiary/aromatic N) is 3. The number of methoxy groups -OCH3 is 1. The van der Waals surface area contributed by atoms with Crippen molar-refractivity contribution >= 4 is 5.91 Å². The van der Waals surface area contributed by atoms with Crippen LogP contribution in [0.25, 0.3) is 11.1 Å². The molecule has 2 fully saturated rings. The standard InChI is InChI=1S/C27H35N3O4/c1-3-13-29-24-20(21(17-31)25(29)27(33)28-14-7-4-8-15-28)16-30-22(24)12-11-19(26(30)32)18-9-5-6-10-23(18)34-2/h5-6,9-12,20-21,24-25,31H,3-4,7-8,13-17H2,1-2H3/t20-,21-,24+,25-/m0/s1. The molecule has 2 aromatic rings. The monoisotopic (exact) mass is 465 g/mol. The molecule has 7 nitrogen and oxygen atoms in total. The second-order valence-electron chi connectivity index (χ2n) is 9.81. The van der Waals surface area contributed by atoms with Crippen molar-refractivity contribution in [3.05, 3.63) is 52.4 Å². The summed E-state index contributed by atoms with van der Waals surface area (Å²) in [7, 11) is 1.61. The molecule has 1 N–H and O–H groups in total. The number of benzene rings is 1. The van der Waals surface area contributed by atoms with E-state index in [1.807, 2.05) is 45.9 Å². The number of aliphatic hydroxyl groups excluding tert-OH is 1. The molecule has 7 heteroatoms. The molecule has 1 aromatic carbocycles. The summed E-state index contributed by atoms with van der Waals surface area (Å²) in [6.07, 6.45) is 4.18. The summed E-state index contributed by atoms with van der Waals surface area (Å²) in [5.41, 5.74) is 2.31. The van der Waals surface area contributed by atoms with Crippen LogP contribution < -0.4 is 10.3 Å². The molecule has 5 rings (SSSR count). The predicted octanol–water partition coefficient (Wildman–Crippen LogP) is 2.91. The highest BCUT2D eigenvalue weighted by atomic mass is 16.5. The van der Waals surface area contributed by atoms with Crippen molar-refractivity contribution in [2.24, 2.45) is 11.8 Å². The van der Waals surface area contributed by atoms with Crippen molar-refractivity contribution in [1.29, 1.82) is 0 Å². The molecule has 4 atom stereocenters. The summed E-state index contributed by atoms with van der Waals surface area (Å²) in [6, 6.07) is 11.2. The molecule has 0 aliphatic carbocycles. The number of para-hydroxylation sites is 1. The van der Waals surface area contributed by atoms with Crippen LogP contribution in [0.15, 0.2) is 41.2 Å². The summed E-state index contributed by atoms with van der Waals surface area (Å²) in [5, 5.41) is 10.5. The van der Waals surface area contributed by atoms with Crippen LogP contribution in [-0.4, -0.2) is 64.8 Å². The van der Waals surface area contributed by atoms with Gasteiger partial charge in [0.15, 0.2) is 0 Å². The van der Waals surface area contributed by atoms with Gasteiger partial charge >= 0.3 is 0 Å². The number of pyridine rings is 1. The quantitative estimate of drug-likeness (QED) is 0.710. The molecular weight excluding hydrogens is 430 g/mol. The summed E-state index contributed by atoms with van der Waals surface area (Å²) >= 11 is 0. The van der Waals surface area contributed by atoms with E-state index >= 15 is 0 Å². The number of amides is 1. The van der Waals surface area contributed by atoms with E-state index in [0.29, 0.717) is 17.9 Å². The van der Waals surface area contributed by atoms with Gasteiger partial charge in [0, 0.05) is 49.3 Å². The van der Waals surface area contributed by atoms with Crippen LogP contribution in [0.3, 0.4) is 0 Å². The summed E-state index contributed by atoms with van der Waals surface area (Å²) in [4.78, 5) is 31.6. The molecule has 34 heavy (non-hydrogen) atoms. The fraction of sp³-hybridized carbons (Fsp3) is 0.556. The van der Waals surface area contributed by atoms with Gasteiger partial charge in [-0.25, -0.2) is 0 Å². The fourth-order valence-corrected chi connectivity index (χ4v) is 6.48. The van der Waals surface area contributed by atoms with E-state index in [4.69, 9.17) is 4.74 Å². The first kappa shape index (κ1) is 23.1. The average molecular weight is 466 g/mol. The number of likely N-dealkylation sites (tertiary alicyclic amines) is 2. The van der Waals surface area contributed by atoms with Gasteiger partial charge in [-0.2, -0.15) is 0 Å². The van der Waals surface area contributed by atoms with Crippen LogP contribution in [0.2, 0.25) is 0 Å². The highest BCUT2D eigenvalue weighted by molar-refractivity contribution is 5.83. The van der Waals surface area contributed by atoms with Crippen LogP contribution in [-0.2, 0) is 11.3 Å². The van der Waals surface area contributed by atoms with Gasteiger partial charge in [0.05, 0.1) is 24.8 Å². The molecule has 3 aliphatic rings. The first-order chi connectivity index (χ1) is 16.6. The summed E-state index contributed by atoms with van der Waals surface area (Å²) < 4.78 is 7.36. The van der Waals surface area contributed by atoms with Crippen molar-refractivity contribution < 1.29 is 14.6 Å². The van der Waals surface area contributed by atoms with Crippen molar-refractivity contribution in [2.75, 3.05) is 33.4 Å². The van der Waals surface area contributed by atoms with Gasteiger partial charge in [-0.15, -0.1) is 0 Å². The van der Waals surface area contributed by atoms with Crippen molar-refractivity contribution in [3.8, 4) is 16.9 Å². The van der Waals surface area contributed by atoms with Crippen LogP contribution in [0.1, 0.15) is 44.3 Å². The number of piperidine rings is 1. The molecule has 1 aromatic heterocycles. The number of hydrogen-bond donors (Lipinski definition) is 1. The number of fused-ring (bicyclic) bond motifs is 3. The lowest BCUT2D eigenvalue weighted by Crippen LogP contribution is -2.51. The molecule has 1 amide bonds. The van der Waals surface area contributed by atoms with Crippen molar-refractivity contribution in [2.45, 2.75) is 51.2 Å². The molecular formula is C27H35N3O4. The summed E-state index contributed by atoms with van der Waals surface area (Å²) in [6.45, 7) is 4.98. The zero-order valence-corrected chi connectivity index (χ0v) is 20.2. The van der Waals surface area contributed by atoms with E-state index in [1.54, 1.807) is 7.11 Å². The molecule has 0 radical (unpaired) electrons. The minimum absolute atomic E-state index is 0.0322. The lowest BCUT2D eigenvalue weighted by molar-refractivity contribution is -0.139. The molecule has 2 saturated heterocycles. The Kier molecular flexibility index (Phi) is 6.49. The van der Waals surface area contributed by atoms with Crippen LogP contribution >= 0.6 is 0 Å². The maximum absolute atomic E-state index is 13.7. The lowest BCUT2D eigenvalue weighted by Gasteiger charge is -2.36. The number of carbonyl (C=O) groups is 1. The van der Waals surface area contributed by atoms with Crippen LogP contribution in [0.4, 0.5) is 0 Å². The lowest BCUT2D eigenvalue weighted by atomic mass is 9.88. The molecule has 0 spiro atoms. The molecule has 4 heterocycles. The molecule has 182 valence electrons. The largest absolute Gasteiger partial charge is 0.496 e. The Labute approximate surface area is 200 Å². The highest BCUT2D eigenvalue weighted by Gasteiger charge is 2.55. The summed E-state index contributed by atoms with van der Waals surface area (Å²) in [5.74, 6) is 0.684. The van der Waals surface area contributed by atoms with Gasteiger partial charge in [0.2, 0.25) is 5.91 Å². The molecule has 0 saturated carbocycles. The van der Waals surface area contributed by atoms with Crippen molar-refractivity contribution in [3.63, 3.8) is 0 Å². The maximum Gasteiger partial charge on any atom is 0.258 e. The van der Waals surface area contributed by atoms with Crippen molar-refractivity contribution in [1.82, 2.24) is 14.4 Å². The predicted molar refractivity (Wildman–Crippen MR) is 131 cm³/mol. The van der Waals surface area contributed by atoms with Gasteiger partial charge < -0.3 is 19.3 Å². The molecule has 0 bridgehead atoms. The normalized spacial score (nSPS) is 26.4. The number of carbonyl (C=O) groups excluding carboxylic acids is 1. The Morgan fingerprint density at radius 3 is 2.56 bits per heavy atom. The second kappa shape index (κ2) is 9.55. The number of hydrogen-bond acceptors (Lipinski definition) is 5. The van der Waals surface area contributed by atoms with E-state index in [9.17, 15) is 14.7 Å². The minimum atomic E-state index is -0.323. The van der Waals surface area contributed by atoms with Gasteiger partial charge in [-0.1, -0.05) is 25.1 Å². The molecule has 0 unspecified atom stereocenters. The second-order valence-corrected chi connectivity index (χ2v) is 9.81. The van der Waals surface area contributed by atoms with Crippen LogP contribution in [0.5, 0.6) is 5.75 Å². The average Bonchev–Trinajstić information content (AvgIpc) is 3.40. The topological polar surface area (TPSA) is 75.0 Å². The number of ether oxygens (including phenoxy) is 1. The SMILES string of the molecule is CCCN1[C@H](C(=O)N2CCCCC2)[C@@H](CO)[C@@H]2Cn3c(ccc(-c4ccccc4OC)c3=O)[C@@H]21. The Hall–Kier alpha value is -2.64. The van der Waals surface area contributed by atoms with E-state index in [0.717, 1.165) is 50.2 Å². The Morgan fingerprint density at radius 2 is 1.85 bits per heavy atom. The third-order valence-electron chi connectivity index (χ3n) is 7.99. The van der Waals surface area contributed by atoms with E-state index in [-0.39, 0.29) is 42.0 Å². The Bertz CT molecular complexity index is 1110. The molecule has 3 aliphatic heterocycles. The Morgan fingerprint density at radius 1 is 1.09 bits per heavy atom. The number of aliphatic hydroxyl groups is 1. The zero-order chi connectivity index (χ0) is 23.8. The third kappa shape index (κ3) is 3.66. The van der Waals surface area contributed by atoms with Crippen LogP contribution in [0, 0.1) is 11.8 Å². The van der Waals surface area contributed by atoms with E-state index in [2.05, 4.69) is 11.8 Å². The fourth-order valence-electron chi connectivity index (χ4n) is 6.48. The minimum Gasteiger partial charge on any atom is -0.496 e. The third-order valence-corrected chi connectivity index (χ3v) is 7.99. The van der Waals surface area contributed by atoms with Gasteiger partial charge in [0.1, 0.15) is 5.75 Å². The number of aromatic nitrogens is 1. The maximum atomic E-state index is 13.7. The van der Waals surface area contributed by atoms with E-state index in [1.165, 1.54) is 6.42 Å². The zero-order valence-electron chi connectivity index (χ0n) is 20.2. The van der Waals surface area contributed by atoms with E-state index < -0.39 is 0 Å². The van der Waals surface area contributed by atoms with Gasteiger partial charge in [-0.3, -0.25) is 14.5 Å². The van der Waals surface area contributed by atoms with Gasteiger partial charge in [0.25, 0.3) is 5.56 Å². The highest BCUT2D eigenvalue weighted by Crippen LogP contribution is 2.49. The first-order valence-electron chi connectivity index (χ1n) is 12.6. The smallest absolute Gasteiger partial charge is 0.258 e. The van der Waals surface area contributed by atoms with Gasteiger partial charge in [-0.05, 0) is 50.4 Å².